The van der Waals surface area contributed by atoms with Gasteiger partial charge < -0.3 is 11.1 Å². The monoisotopic (exact) mass is 356 g/mol. The van der Waals surface area contributed by atoms with Crippen LogP contribution in [-0.2, 0) is 11.3 Å². The van der Waals surface area contributed by atoms with Crippen molar-refractivity contribution in [1.29, 1.82) is 0 Å². The summed E-state index contributed by atoms with van der Waals surface area (Å²) in [6.45, 7) is 2.35. The van der Waals surface area contributed by atoms with Crippen molar-refractivity contribution in [2.75, 3.05) is 18.4 Å². The number of amides is 2. The van der Waals surface area contributed by atoms with Crippen LogP contribution in [0, 0.1) is 11.9 Å². The number of piperidine rings is 1. The molecule has 1 fully saturated rings. The summed E-state index contributed by atoms with van der Waals surface area (Å²) in [6.07, 6.45) is 3.07. The van der Waals surface area contributed by atoms with Gasteiger partial charge in [0.1, 0.15) is 0 Å². The number of carbonyl (C=O) groups excluding carboxylic acids is 2. The lowest BCUT2D eigenvalue weighted by Crippen LogP contribution is -2.40. The molecule has 6 nitrogen and oxygen atoms in total. The molecule has 26 heavy (non-hydrogen) atoms. The molecule has 0 spiro atoms. The highest BCUT2D eigenvalue weighted by atomic mass is 19.1. The number of pyridine rings is 1. The number of aromatic nitrogens is 1. The quantitative estimate of drug-likeness (QED) is 0.804. The van der Waals surface area contributed by atoms with Gasteiger partial charge in [0, 0.05) is 36.6 Å². The fraction of sp³-hybridized carbons (Fsp3) is 0.316. The van der Waals surface area contributed by atoms with Crippen LogP contribution in [0.5, 0.6) is 0 Å². The van der Waals surface area contributed by atoms with Gasteiger partial charge in [0.05, 0.1) is 5.92 Å². The lowest BCUT2D eigenvalue weighted by molar-refractivity contribution is -0.123. The summed E-state index contributed by atoms with van der Waals surface area (Å²) < 4.78 is 13.1. The average Bonchev–Trinajstić information content (AvgIpc) is 2.63. The Balaban J connectivity index is 1.58. The summed E-state index contributed by atoms with van der Waals surface area (Å²) in [6, 6.07) is 10.0. The van der Waals surface area contributed by atoms with Crippen LogP contribution in [0.1, 0.15) is 28.8 Å². The highest BCUT2D eigenvalue weighted by molar-refractivity contribution is 6.04. The van der Waals surface area contributed by atoms with Gasteiger partial charge >= 0.3 is 0 Å². The number of carbonyl (C=O) groups is 2. The number of hydrogen-bond acceptors (Lipinski definition) is 4. The average molecular weight is 356 g/mol. The summed E-state index contributed by atoms with van der Waals surface area (Å²) in [4.78, 5) is 29.1. The maximum atomic E-state index is 13.1. The number of rotatable bonds is 5. The second-order valence-corrected chi connectivity index (χ2v) is 6.49. The zero-order chi connectivity index (χ0) is 18.5. The number of hydrogen-bond donors (Lipinski definition) is 2. The van der Waals surface area contributed by atoms with Gasteiger partial charge in [-0.15, -0.1) is 0 Å². The van der Waals surface area contributed by atoms with E-state index >= 15 is 0 Å². The fourth-order valence-electron chi connectivity index (χ4n) is 3.13. The van der Waals surface area contributed by atoms with E-state index < -0.39 is 5.95 Å². The van der Waals surface area contributed by atoms with Crippen LogP contribution in [-0.4, -0.2) is 34.8 Å². The first-order valence-electron chi connectivity index (χ1n) is 8.55. The number of anilines is 1. The smallest absolute Gasteiger partial charge is 0.255 e. The molecule has 2 heterocycles. The van der Waals surface area contributed by atoms with Crippen molar-refractivity contribution in [3.8, 4) is 0 Å². The maximum absolute atomic E-state index is 13.1. The molecule has 0 radical (unpaired) electrons. The molecule has 136 valence electrons. The van der Waals surface area contributed by atoms with Crippen molar-refractivity contribution in [3.63, 3.8) is 0 Å². The zero-order valence-electron chi connectivity index (χ0n) is 14.3. The molecule has 0 aliphatic carbocycles. The van der Waals surface area contributed by atoms with Gasteiger partial charge in [0.15, 0.2) is 0 Å². The topological polar surface area (TPSA) is 88.3 Å². The van der Waals surface area contributed by atoms with E-state index in [2.05, 4.69) is 15.2 Å². The normalized spacial score (nSPS) is 17.7. The molecular weight excluding hydrogens is 335 g/mol. The summed E-state index contributed by atoms with van der Waals surface area (Å²) in [5, 5.41) is 2.73. The summed E-state index contributed by atoms with van der Waals surface area (Å²) in [7, 11) is 0. The van der Waals surface area contributed by atoms with Crippen molar-refractivity contribution >= 4 is 17.5 Å². The van der Waals surface area contributed by atoms with Crippen LogP contribution in [0.3, 0.4) is 0 Å². The Morgan fingerprint density at radius 2 is 2.04 bits per heavy atom. The molecule has 2 amide bonds. The first-order chi connectivity index (χ1) is 12.5. The first kappa shape index (κ1) is 18.0. The Morgan fingerprint density at radius 1 is 1.27 bits per heavy atom. The minimum atomic E-state index is -0.691. The van der Waals surface area contributed by atoms with E-state index in [4.69, 9.17) is 5.73 Å². The van der Waals surface area contributed by atoms with Crippen LogP contribution < -0.4 is 11.1 Å². The van der Waals surface area contributed by atoms with Gasteiger partial charge in [0.2, 0.25) is 11.9 Å². The molecule has 2 aromatic rings. The van der Waals surface area contributed by atoms with Crippen LogP contribution >= 0.6 is 0 Å². The van der Waals surface area contributed by atoms with E-state index in [1.165, 1.54) is 12.3 Å². The largest absolute Gasteiger partial charge is 0.369 e. The third kappa shape index (κ3) is 4.64. The predicted octanol–water partition coefficient (Wildman–Crippen LogP) is 2.17. The molecule has 1 atom stereocenters. The number of nitrogens with two attached hydrogens (primary N) is 1. The summed E-state index contributed by atoms with van der Waals surface area (Å²) >= 11 is 0. The number of primary amides is 1. The SMILES string of the molecule is NC(=O)C1CCCN(Cc2ccc(NC(=O)c3ccnc(F)c3)cc2)C1. The van der Waals surface area contributed by atoms with E-state index in [1.54, 1.807) is 12.1 Å². The highest BCUT2D eigenvalue weighted by Gasteiger charge is 2.23. The lowest BCUT2D eigenvalue weighted by Gasteiger charge is -2.31. The second kappa shape index (κ2) is 8.05. The van der Waals surface area contributed by atoms with E-state index in [1.807, 2.05) is 12.1 Å². The van der Waals surface area contributed by atoms with Gasteiger partial charge in [-0.25, -0.2) is 4.98 Å². The molecule has 0 saturated carbocycles. The molecule has 1 saturated heterocycles. The highest BCUT2D eigenvalue weighted by Crippen LogP contribution is 2.19. The molecule has 1 unspecified atom stereocenters. The molecular formula is C19H21FN4O2. The third-order valence-corrected chi connectivity index (χ3v) is 4.51. The van der Waals surface area contributed by atoms with Gasteiger partial charge in [0.25, 0.3) is 5.91 Å². The van der Waals surface area contributed by atoms with Crippen molar-refractivity contribution in [2.45, 2.75) is 19.4 Å². The van der Waals surface area contributed by atoms with Crippen LogP contribution in [0.25, 0.3) is 0 Å². The van der Waals surface area contributed by atoms with E-state index in [9.17, 15) is 14.0 Å². The maximum Gasteiger partial charge on any atom is 0.255 e. The van der Waals surface area contributed by atoms with E-state index in [0.717, 1.165) is 37.6 Å². The number of halogens is 1. The molecule has 3 N–H and O–H groups in total. The third-order valence-electron chi connectivity index (χ3n) is 4.51. The molecule has 1 aromatic heterocycles. The van der Waals surface area contributed by atoms with Gasteiger partial charge in [-0.05, 0) is 43.1 Å². The van der Waals surface area contributed by atoms with Crippen molar-refractivity contribution in [3.05, 3.63) is 59.7 Å². The summed E-state index contributed by atoms with van der Waals surface area (Å²) in [5.41, 5.74) is 7.34. The minimum absolute atomic E-state index is 0.0805. The molecule has 0 bridgehead atoms. The second-order valence-electron chi connectivity index (χ2n) is 6.49. The van der Waals surface area contributed by atoms with Crippen molar-refractivity contribution in [1.82, 2.24) is 9.88 Å². The Kier molecular flexibility index (Phi) is 5.58. The first-order valence-corrected chi connectivity index (χ1v) is 8.55. The number of benzene rings is 1. The zero-order valence-corrected chi connectivity index (χ0v) is 14.3. The fourth-order valence-corrected chi connectivity index (χ4v) is 3.13. The minimum Gasteiger partial charge on any atom is -0.369 e. The molecule has 3 rings (SSSR count). The Morgan fingerprint density at radius 3 is 2.73 bits per heavy atom. The van der Waals surface area contributed by atoms with Gasteiger partial charge in [-0.1, -0.05) is 12.1 Å². The Labute approximate surface area is 151 Å². The molecule has 1 aromatic carbocycles. The Bertz CT molecular complexity index is 794. The lowest BCUT2D eigenvalue weighted by atomic mass is 9.97. The van der Waals surface area contributed by atoms with Crippen LogP contribution in [0.2, 0.25) is 0 Å². The number of nitrogens with zero attached hydrogens (tertiary/aromatic N) is 2. The van der Waals surface area contributed by atoms with Crippen molar-refractivity contribution < 1.29 is 14.0 Å². The summed E-state index contributed by atoms with van der Waals surface area (Å²) in [5.74, 6) is -1.40. The van der Waals surface area contributed by atoms with E-state index in [-0.39, 0.29) is 23.3 Å². The molecule has 1 aliphatic heterocycles. The Hall–Kier alpha value is -2.80. The van der Waals surface area contributed by atoms with Crippen LogP contribution in [0.4, 0.5) is 10.1 Å². The molecule has 1 aliphatic rings. The van der Waals surface area contributed by atoms with E-state index in [0.29, 0.717) is 12.2 Å². The van der Waals surface area contributed by atoms with Gasteiger partial charge in [-0.3, -0.25) is 14.5 Å². The number of likely N-dealkylation sites (tertiary alicyclic amines) is 1. The van der Waals surface area contributed by atoms with Gasteiger partial charge in [-0.2, -0.15) is 4.39 Å². The standard InChI is InChI=1S/C19H21FN4O2/c20-17-10-14(7-8-22-17)19(26)23-16-5-3-13(4-6-16)11-24-9-1-2-15(12-24)18(21)25/h3-8,10,15H,1-2,9,11-12H2,(H2,21,25)(H,23,26). The van der Waals surface area contributed by atoms with Crippen molar-refractivity contribution in [2.24, 2.45) is 11.7 Å². The predicted molar refractivity (Wildman–Crippen MR) is 95.8 cm³/mol. The molecule has 7 heteroatoms. The number of nitrogens with one attached hydrogen (secondary N) is 1. The van der Waals surface area contributed by atoms with Crippen LogP contribution in [0.15, 0.2) is 42.6 Å².